The molecule has 5 heteroatoms. The summed E-state index contributed by atoms with van der Waals surface area (Å²) in [6.45, 7) is 2.71. The second kappa shape index (κ2) is 8.44. The van der Waals surface area contributed by atoms with Crippen LogP contribution in [0, 0.1) is 11.3 Å². The van der Waals surface area contributed by atoms with Crippen LogP contribution in [0.1, 0.15) is 29.5 Å². The Labute approximate surface area is 142 Å². The van der Waals surface area contributed by atoms with E-state index in [1.807, 2.05) is 12.1 Å². The fourth-order valence-corrected chi connectivity index (χ4v) is 2.74. The van der Waals surface area contributed by atoms with Crippen LogP contribution in [0.4, 0.5) is 5.82 Å². The number of hydrogen-bond acceptors (Lipinski definition) is 5. The minimum Gasteiger partial charge on any atom is -0.376 e. The van der Waals surface area contributed by atoms with E-state index >= 15 is 0 Å². The van der Waals surface area contributed by atoms with Crippen molar-refractivity contribution in [2.75, 3.05) is 18.5 Å². The molecule has 1 unspecified atom stereocenters. The predicted molar refractivity (Wildman–Crippen MR) is 91.4 cm³/mol. The summed E-state index contributed by atoms with van der Waals surface area (Å²) in [5, 5.41) is 12.3. The van der Waals surface area contributed by atoms with E-state index in [0.29, 0.717) is 31.1 Å². The summed E-state index contributed by atoms with van der Waals surface area (Å²) in [4.78, 5) is 4.21. The van der Waals surface area contributed by atoms with E-state index in [1.54, 1.807) is 18.3 Å². The van der Waals surface area contributed by atoms with Gasteiger partial charge in [-0.3, -0.25) is 0 Å². The fraction of sp³-hybridized carbons (Fsp3) is 0.368. The number of nitrogens with one attached hydrogen (secondary N) is 1. The average Bonchev–Trinajstić information content (AvgIpc) is 3.14. The van der Waals surface area contributed by atoms with Crippen LogP contribution in [-0.4, -0.2) is 24.3 Å². The maximum absolute atomic E-state index is 9.09. The van der Waals surface area contributed by atoms with Crippen LogP contribution in [0.2, 0.25) is 0 Å². The first-order valence-electron chi connectivity index (χ1n) is 8.21. The van der Waals surface area contributed by atoms with Gasteiger partial charge in [0.25, 0.3) is 0 Å². The zero-order valence-corrected chi connectivity index (χ0v) is 13.6. The summed E-state index contributed by atoms with van der Waals surface area (Å²) in [6, 6.07) is 13.9. The summed E-state index contributed by atoms with van der Waals surface area (Å²) in [5.41, 5.74) is 2.81. The molecular formula is C19H21N3O2. The number of pyridine rings is 1. The van der Waals surface area contributed by atoms with Crippen molar-refractivity contribution in [3.05, 3.63) is 59.3 Å². The van der Waals surface area contributed by atoms with Gasteiger partial charge in [0.1, 0.15) is 11.9 Å². The largest absolute Gasteiger partial charge is 0.376 e. The molecule has 1 aromatic carbocycles. The standard InChI is InChI=1S/C19H21N3O2/c20-11-17-6-2-8-21-19(17)22-12-15-4-1-5-16(10-15)13-23-14-18-7-3-9-24-18/h1-2,4-6,8,10,18H,3,7,9,12-14H2,(H,21,22). The molecule has 1 saturated heterocycles. The van der Waals surface area contributed by atoms with Gasteiger partial charge in [0.15, 0.2) is 0 Å². The molecule has 0 bridgehead atoms. The molecule has 3 rings (SSSR count). The summed E-state index contributed by atoms with van der Waals surface area (Å²) >= 11 is 0. The molecule has 1 N–H and O–H groups in total. The third kappa shape index (κ3) is 4.54. The molecule has 2 aromatic rings. The molecule has 1 aliphatic rings. The van der Waals surface area contributed by atoms with Crippen LogP contribution in [0.25, 0.3) is 0 Å². The van der Waals surface area contributed by atoms with Crippen molar-refractivity contribution < 1.29 is 9.47 Å². The number of nitriles is 1. The van der Waals surface area contributed by atoms with Crippen molar-refractivity contribution in [3.8, 4) is 6.07 Å². The Morgan fingerprint density at radius 1 is 1.29 bits per heavy atom. The third-order valence-electron chi connectivity index (χ3n) is 3.98. The molecule has 5 nitrogen and oxygen atoms in total. The van der Waals surface area contributed by atoms with Gasteiger partial charge in [-0.2, -0.15) is 5.26 Å². The Morgan fingerprint density at radius 2 is 2.21 bits per heavy atom. The first-order valence-corrected chi connectivity index (χ1v) is 8.21. The minimum absolute atomic E-state index is 0.253. The summed E-state index contributed by atoms with van der Waals surface area (Å²) in [6.07, 6.45) is 4.16. The van der Waals surface area contributed by atoms with Crippen LogP contribution in [0.5, 0.6) is 0 Å². The Hall–Kier alpha value is -2.42. The SMILES string of the molecule is N#Cc1cccnc1NCc1cccc(COCC2CCCO2)c1. The monoisotopic (exact) mass is 323 g/mol. The smallest absolute Gasteiger partial charge is 0.144 e. The van der Waals surface area contributed by atoms with E-state index < -0.39 is 0 Å². The van der Waals surface area contributed by atoms with Gasteiger partial charge in [-0.15, -0.1) is 0 Å². The highest BCUT2D eigenvalue weighted by atomic mass is 16.5. The first-order chi connectivity index (χ1) is 11.8. The fourth-order valence-electron chi connectivity index (χ4n) is 2.74. The third-order valence-corrected chi connectivity index (χ3v) is 3.98. The van der Waals surface area contributed by atoms with Gasteiger partial charge in [-0.25, -0.2) is 4.98 Å². The maximum atomic E-state index is 9.09. The maximum Gasteiger partial charge on any atom is 0.144 e. The lowest BCUT2D eigenvalue weighted by atomic mass is 10.1. The average molecular weight is 323 g/mol. The van der Waals surface area contributed by atoms with Gasteiger partial charge in [0, 0.05) is 19.3 Å². The Balaban J connectivity index is 1.52. The van der Waals surface area contributed by atoms with E-state index in [9.17, 15) is 0 Å². The van der Waals surface area contributed by atoms with Crippen molar-refractivity contribution in [3.63, 3.8) is 0 Å². The normalized spacial score (nSPS) is 16.7. The van der Waals surface area contributed by atoms with Gasteiger partial charge in [-0.05, 0) is 36.1 Å². The van der Waals surface area contributed by atoms with Crippen LogP contribution in [0.15, 0.2) is 42.6 Å². The Kier molecular flexibility index (Phi) is 5.78. The van der Waals surface area contributed by atoms with E-state index in [0.717, 1.165) is 30.6 Å². The first kappa shape index (κ1) is 16.4. The minimum atomic E-state index is 0.253. The second-order valence-electron chi connectivity index (χ2n) is 5.84. The Morgan fingerprint density at radius 3 is 3.04 bits per heavy atom. The molecule has 1 fully saturated rings. The number of benzene rings is 1. The lowest BCUT2D eigenvalue weighted by Crippen LogP contribution is -2.13. The highest BCUT2D eigenvalue weighted by molar-refractivity contribution is 5.51. The molecule has 124 valence electrons. The van der Waals surface area contributed by atoms with Gasteiger partial charge in [-0.1, -0.05) is 24.3 Å². The number of aromatic nitrogens is 1. The van der Waals surface area contributed by atoms with Crippen molar-refractivity contribution in [1.29, 1.82) is 5.26 Å². The highest BCUT2D eigenvalue weighted by Crippen LogP contribution is 2.15. The van der Waals surface area contributed by atoms with Crippen molar-refractivity contribution in [2.24, 2.45) is 0 Å². The van der Waals surface area contributed by atoms with Crippen LogP contribution in [-0.2, 0) is 22.6 Å². The Bertz CT molecular complexity index is 706. The summed E-state index contributed by atoms with van der Waals surface area (Å²) < 4.78 is 11.3. The number of nitrogens with zero attached hydrogens (tertiary/aromatic N) is 2. The molecule has 0 spiro atoms. The van der Waals surface area contributed by atoms with Crippen molar-refractivity contribution in [1.82, 2.24) is 4.98 Å². The molecular weight excluding hydrogens is 302 g/mol. The number of hydrogen-bond donors (Lipinski definition) is 1. The van der Waals surface area contributed by atoms with Gasteiger partial charge >= 0.3 is 0 Å². The van der Waals surface area contributed by atoms with Crippen molar-refractivity contribution in [2.45, 2.75) is 32.1 Å². The zero-order chi connectivity index (χ0) is 16.6. The van der Waals surface area contributed by atoms with Crippen LogP contribution < -0.4 is 5.32 Å². The lowest BCUT2D eigenvalue weighted by molar-refractivity contribution is 0.0106. The van der Waals surface area contributed by atoms with Crippen LogP contribution >= 0.6 is 0 Å². The van der Waals surface area contributed by atoms with E-state index in [2.05, 4.69) is 28.5 Å². The highest BCUT2D eigenvalue weighted by Gasteiger charge is 2.15. The molecule has 1 atom stereocenters. The molecule has 0 radical (unpaired) electrons. The second-order valence-corrected chi connectivity index (χ2v) is 5.84. The molecule has 1 aliphatic heterocycles. The van der Waals surface area contributed by atoms with Crippen LogP contribution in [0.3, 0.4) is 0 Å². The number of ether oxygens (including phenoxy) is 2. The molecule has 24 heavy (non-hydrogen) atoms. The van der Waals surface area contributed by atoms with Gasteiger partial charge in [0.05, 0.1) is 24.9 Å². The zero-order valence-electron chi connectivity index (χ0n) is 13.6. The van der Waals surface area contributed by atoms with E-state index in [-0.39, 0.29) is 6.10 Å². The quantitative estimate of drug-likeness (QED) is 0.847. The number of anilines is 1. The molecule has 0 saturated carbocycles. The number of rotatable bonds is 7. The topological polar surface area (TPSA) is 67.2 Å². The molecule has 0 aliphatic carbocycles. The van der Waals surface area contributed by atoms with Gasteiger partial charge in [0.2, 0.25) is 0 Å². The van der Waals surface area contributed by atoms with E-state index in [1.165, 1.54) is 0 Å². The predicted octanol–water partition coefficient (Wildman–Crippen LogP) is 3.26. The van der Waals surface area contributed by atoms with Crippen molar-refractivity contribution >= 4 is 5.82 Å². The molecule has 1 aromatic heterocycles. The summed E-state index contributed by atoms with van der Waals surface area (Å²) in [5.74, 6) is 0.611. The lowest BCUT2D eigenvalue weighted by Gasteiger charge is -2.11. The molecule has 2 heterocycles. The summed E-state index contributed by atoms with van der Waals surface area (Å²) in [7, 11) is 0. The molecule has 0 amide bonds. The van der Waals surface area contributed by atoms with E-state index in [4.69, 9.17) is 14.7 Å². The van der Waals surface area contributed by atoms with Gasteiger partial charge < -0.3 is 14.8 Å².